The first kappa shape index (κ1) is 15.9. The second kappa shape index (κ2) is 6.23. The third-order valence-electron chi connectivity index (χ3n) is 3.94. The molecule has 0 aliphatic heterocycles. The van der Waals surface area contributed by atoms with Crippen LogP contribution in [0.4, 0.5) is 5.82 Å². The van der Waals surface area contributed by atoms with Gasteiger partial charge in [-0.3, -0.25) is 4.72 Å². The SMILES string of the molecule is CCOc1ccc(S(=O)(=O)Nc2noc3c2CCCC3)cc1C. The zero-order valence-electron chi connectivity index (χ0n) is 13.3. The summed E-state index contributed by atoms with van der Waals surface area (Å²) < 4.78 is 38.4. The number of nitrogens with zero attached hydrogens (tertiary/aromatic N) is 1. The standard InChI is InChI=1S/C16H20N2O4S/c1-3-21-14-9-8-12(10-11(14)2)23(19,20)18-16-13-6-4-5-7-15(13)22-17-16/h8-10H,3-7H2,1-2H3,(H,17,18). The lowest BCUT2D eigenvalue weighted by molar-refractivity contribution is 0.337. The Morgan fingerprint density at radius 3 is 2.83 bits per heavy atom. The molecule has 0 radical (unpaired) electrons. The minimum Gasteiger partial charge on any atom is -0.494 e. The molecule has 1 aliphatic carbocycles. The number of benzene rings is 1. The summed E-state index contributed by atoms with van der Waals surface area (Å²) in [5, 5.41) is 3.89. The van der Waals surface area contributed by atoms with E-state index in [1.165, 1.54) is 6.07 Å². The summed E-state index contributed by atoms with van der Waals surface area (Å²) >= 11 is 0. The van der Waals surface area contributed by atoms with E-state index in [0.29, 0.717) is 18.2 Å². The van der Waals surface area contributed by atoms with Gasteiger partial charge in [-0.1, -0.05) is 5.16 Å². The Bertz CT molecular complexity index is 811. The maximum absolute atomic E-state index is 12.6. The zero-order chi connectivity index (χ0) is 16.4. The molecule has 7 heteroatoms. The van der Waals surface area contributed by atoms with E-state index in [1.54, 1.807) is 12.1 Å². The van der Waals surface area contributed by atoms with Gasteiger partial charge in [0, 0.05) is 12.0 Å². The number of nitrogens with one attached hydrogen (secondary N) is 1. The Morgan fingerprint density at radius 2 is 2.09 bits per heavy atom. The molecule has 6 nitrogen and oxygen atoms in total. The third-order valence-corrected chi connectivity index (χ3v) is 5.27. The number of aryl methyl sites for hydroxylation is 2. The largest absolute Gasteiger partial charge is 0.494 e. The van der Waals surface area contributed by atoms with Crippen LogP contribution < -0.4 is 9.46 Å². The van der Waals surface area contributed by atoms with Crippen LogP contribution in [0, 0.1) is 6.92 Å². The highest BCUT2D eigenvalue weighted by Crippen LogP contribution is 2.29. The van der Waals surface area contributed by atoms with Crippen molar-refractivity contribution in [1.29, 1.82) is 0 Å². The number of ether oxygens (including phenoxy) is 1. The van der Waals surface area contributed by atoms with Crippen molar-refractivity contribution < 1.29 is 17.7 Å². The number of aromatic nitrogens is 1. The summed E-state index contributed by atoms with van der Waals surface area (Å²) in [7, 11) is -3.70. The Hall–Kier alpha value is -2.02. The summed E-state index contributed by atoms with van der Waals surface area (Å²) in [6, 6.07) is 4.80. The summed E-state index contributed by atoms with van der Waals surface area (Å²) in [4.78, 5) is 0.186. The normalized spacial score (nSPS) is 14.3. The quantitative estimate of drug-likeness (QED) is 0.907. The summed E-state index contributed by atoms with van der Waals surface area (Å²) in [6.07, 6.45) is 3.67. The summed E-state index contributed by atoms with van der Waals surface area (Å²) in [5.74, 6) is 1.79. The molecule has 1 heterocycles. The highest BCUT2D eigenvalue weighted by atomic mass is 32.2. The van der Waals surface area contributed by atoms with Crippen LogP contribution in [0.3, 0.4) is 0 Å². The summed E-state index contributed by atoms with van der Waals surface area (Å²) in [6.45, 7) is 4.25. The fraction of sp³-hybridized carbons (Fsp3) is 0.438. The van der Waals surface area contributed by atoms with Crippen molar-refractivity contribution >= 4 is 15.8 Å². The molecule has 1 aliphatic rings. The zero-order valence-corrected chi connectivity index (χ0v) is 14.1. The van der Waals surface area contributed by atoms with Gasteiger partial charge in [0.05, 0.1) is 11.5 Å². The minimum absolute atomic E-state index is 0.186. The Labute approximate surface area is 135 Å². The first-order valence-electron chi connectivity index (χ1n) is 7.75. The lowest BCUT2D eigenvalue weighted by Crippen LogP contribution is -2.15. The van der Waals surface area contributed by atoms with Gasteiger partial charge in [0.15, 0.2) is 5.82 Å². The number of fused-ring (bicyclic) bond motifs is 1. The lowest BCUT2D eigenvalue weighted by atomic mass is 9.98. The molecule has 124 valence electrons. The molecule has 0 amide bonds. The first-order chi connectivity index (χ1) is 11.0. The van der Waals surface area contributed by atoms with Crippen molar-refractivity contribution in [3.05, 3.63) is 35.1 Å². The average Bonchev–Trinajstić information content (AvgIpc) is 2.92. The average molecular weight is 336 g/mol. The van der Waals surface area contributed by atoms with Crippen LogP contribution in [-0.4, -0.2) is 20.2 Å². The second-order valence-corrected chi connectivity index (χ2v) is 7.29. The molecule has 0 atom stereocenters. The number of hydrogen-bond acceptors (Lipinski definition) is 5. The smallest absolute Gasteiger partial charge is 0.263 e. The van der Waals surface area contributed by atoms with Crippen molar-refractivity contribution in [2.45, 2.75) is 44.4 Å². The predicted octanol–water partition coefficient (Wildman–Crippen LogP) is 3.06. The van der Waals surface area contributed by atoms with Gasteiger partial charge in [-0.05, 0) is 56.9 Å². The van der Waals surface area contributed by atoms with Crippen LogP contribution in [0.1, 0.15) is 36.7 Å². The minimum atomic E-state index is -3.70. The fourth-order valence-electron chi connectivity index (χ4n) is 2.76. The van der Waals surface area contributed by atoms with Gasteiger partial charge in [0.25, 0.3) is 10.0 Å². The molecule has 3 rings (SSSR count). The van der Waals surface area contributed by atoms with Crippen molar-refractivity contribution in [2.75, 3.05) is 11.3 Å². The predicted molar refractivity (Wildman–Crippen MR) is 86.3 cm³/mol. The van der Waals surface area contributed by atoms with E-state index in [1.807, 2.05) is 13.8 Å². The highest BCUT2D eigenvalue weighted by Gasteiger charge is 2.24. The van der Waals surface area contributed by atoms with E-state index in [9.17, 15) is 8.42 Å². The lowest BCUT2D eigenvalue weighted by Gasteiger charge is -2.12. The Morgan fingerprint density at radius 1 is 1.30 bits per heavy atom. The second-order valence-electron chi connectivity index (χ2n) is 5.61. The molecule has 0 bridgehead atoms. The molecule has 23 heavy (non-hydrogen) atoms. The van der Waals surface area contributed by atoms with E-state index in [4.69, 9.17) is 9.26 Å². The maximum Gasteiger partial charge on any atom is 0.263 e. The molecular weight excluding hydrogens is 316 g/mol. The molecule has 0 saturated heterocycles. The Balaban J connectivity index is 1.87. The van der Waals surface area contributed by atoms with Crippen LogP contribution in [0.15, 0.2) is 27.6 Å². The van der Waals surface area contributed by atoms with Crippen molar-refractivity contribution in [1.82, 2.24) is 5.16 Å². The van der Waals surface area contributed by atoms with E-state index < -0.39 is 10.0 Å². The van der Waals surface area contributed by atoms with Crippen molar-refractivity contribution in [2.24, 2.45) is 0 Å². The molecule has 0 fully saturated rings. The number of sulfonamides is 1. The topological polar surface area (TPSA) is 81.4 Å². The van der Waals surface area contributed by atoms with Gasteiger partial charge in [-0.15, -0.1) is 0 Å². The fourth-order valence-corrected chi connectivity index (χ4v) is 3.87. The molecule has 1 N–H and O–H groups in total. The molecule has 1 aromatic carbocycles. The van der Waals surface area contributed by atoms with Gasteiger partial charge in [0.2, 0.25) is 0 Å². The van der Waals surface area contributed by atoms with E-state index in [-0.39, 0.29) is 4.90 Å². The summed E-state index contributed by atoms with van der Waals surface area (Å²) in [5.41, 5.74) is 1.65. The van der Waals surface area contributed by atoms with Crippen molar-refractivity contribution in [3.63, 3.8) is 0 Å². The van der Waals surface area contributed by atoms with Crippen LogP contribution in [0.5, 0.6) is 5.75 Å². The van der Waals surface area contributed by atoms with Gasteiger partial charge in [0.1, 0.15) is 11.5 Å². The monoisotopic (exact) mass is 336 g/mol. The molecule has 2 aromatic rings. The molecular formula is C16H20N2O4S. The van der Waals surface area contributed by atoms with Gasteiger partial charge < -0.3 is 9.26 Å². The Kier molecular flexibility index (Phi) is 4.30. The highest BCUT2D eigenvalue weighted by molar-refractivity contribution is 7.92. The van der Waals surface area contributed by atoms with Crippen LogP contribution in [-0.2, 0) is 22.9 Å². The number of hydrogen-bond donors (Lipinski definition) is 1. The molecule has 1 aromatic heterocycles. The molecule has 0 saturated carbocycles. The third kappa shape index (κ3) is 3.19. The van der Waals surface area contributed by atoms with Gasteiger partial charge >= 0.3 is 0 Å². The van der Waals surface area contributed by atoms with Gasteiger partial charge in [-0.2, -0.15) is 0 Å². The number of anilines is 1. The van der Waals surface area contributed by atoms with E-state index >= 15 is 0 Å². The van der Waals surface area contributed by atoms with Gasteiger partial charge in [-0.25, -0.2) is 8.42 Å². The van der Waals surface area contributed by atoms with Crippen LogP contribution >= 0.6 is 0 Å². The van der Waals surface area contributed by atoms with E-state index in [0.717, 1.165) is 42.6 Å². The number of rotatable bonds is 5. The van der Waals surface area contributed by atoms with Crippen molar-refractivity contribution in [3.8, 4) is 5.75 Å². The first-order valence-corrected chi connectivity index (χ1v) is 9.23. The van der Waals surface area contributed by atoms with Crippen LogP contribution in [0.25, 0.3) is 0 Å². The molecule has 0 unspecified atom stereocenters. The molecule has 0 spiro atoms. The maximum atomic E-state index is 12.6. The van der Waals surface area contributed by atoms with Crippen LogP contribution in [0.2, 0.25) is 0 Å². The van der Waals surface area contributed by atoms with E-state index in [2.05, 4.69) is 9.88 Å².